The van der Waals surface area contributed by atoms with Gasteiger partial charge in [0.25, 0.3) is 5.91 Å². The standard InChI is InChI=1S/C22H23N3O.ClH/c1-3-15-8-14(2)21-18(9-15)19-11-24-12-20(19)25(22(21)26)13-17-7-5-4-6-16(17)10-23;/h4-9,19-20,24H,3,11-13H2,1-2H3;1H/t19-,20+;/m0./s1. The summed E-state index contributed by atoms with van der Waals surface area (Å²) in [6, 6.07) is 14.3. The van der Waals surface area contributed by atoms with E-state index in [2.05, 4.69) is 30.4 Å². The van der Waals surface area contributed by atoms with E-state index in [1.165, 1.54) is 11.1 Å². The first-order valence-corrected chi connectivity index (χ1v) is 9.27. The Labute approximate surface area is 166 Å². The summed E-state index contributed by atoms with van der Waals surface area (Å²) in [5, 5.41) is 12.9. The van der Waals surface area contributed by atoms with Crippen LogP contribution in [0.15, 0.2) is 36.4 Å². The molecule has 1 N–H and O–H groups in total. The van der Waals surface area contributed by atoms with E-state index in [0.29, 0.717) is 18.0 Å². The zero-order valence-electron chi connectivity index (χ0n) is 15.7. The zero-order valence-corrected chi connectivity index (χ0v) is 16.5. The van der Waals surface area contributed by atoms with Gasteiger partial charge in [0.1, 0.15) is 0 Å². The Morgan fingerprint density at radius 3 is 2.78 bits per heavy atom. The highest BCUT2D eigenvalue weighted by Gasteiger charge is 2.43. The molecule has 0 saturated carbocycles. The third-order valence-corrected chi connectivity index (χ3v) is 5.77. The number of rotatable bonds is 3. The Balaban J connectivity index is 0.00000210. The molecule has 0 spiro atoms. The molecule has 4 rings (SSSR count). The maximum Gasteiger partial charge on any atom is 0.255 e. The van der Waals surface area contributed by atoms with Gasteiger partial charge >= 0.3 is 0 Å². The summed E-state index contributed by atoms with van der Waals surface area (Å²) in [4.78, 5) is 15.4. The number of hydrogen-bond donors (Lipinski definition) is 1. The van der Waals surface area contributed by atoms with Gasteiger partial charge in [-0.2, -0.15) is 5.26 Å². The predicted molar refractivity (Wildman–Crippen MR) is 108 cm³/mol. The quantitative estimate of drug-likeness (QED) is 0.884. The van der Waals surface area contributed by atoms with E-state index in [9.17, 15) is 10.1 Å². The molecule has 2 aromatic rings. The molecule has 4 nitrogen and oxygen atoms in total. The van der Waals surface area contributed by atoms with Crippen molar-refractivity contribution in [2.24, 2.45) is 0 Å². The molecule has 1 amide bonds. The van der Waals surface area contributed by atoms with Crippen molar-refractivity contribution in [3.63, 3.8) is 0 Å². The van der Waals surface area contributed by atoms with Gasteiger partial charge in [0.2, 0.25) is 0 Å². The van der Waals surface area contributed by atoms with Crippen molar-refractivity contribution in [1.82, 2.24) is 10.2 Å². The third kappa shape index (κ3) is 3.22. The number of nitrogens with zero attached hydrogens (tertiary/aromatic N) is 2. The number of amides is 1. The average Bonchev–Trinajstić information content (AvgIpc) is 3.14. The van der Waals surface area contributed by atoms with Crippen LogP contribution in [-0.2, 0) is 13.0 Å². The van der Waals surface area contributed by atoms with Crippen molar-refractivity contribution in [2.75, 3.05) is 13.1 Å². The number of carbonyl (C=O) groups excluding carboxylic acids is 1. The second kappa shape index (κ2) is 7.72. The third-order valence-electron chi connectivity index (χ3n) is 5.77. The van der Waals surface area contributed by atoms with Gasteiger partial charge in [0, 0.05) is 31.1 Å². The summed E-state index contributed by atoms with van der Waals surface area (Å²) < 4.78 is 0. The number of fused-ring (bicyclic) bond motifs is 3. The van der Waals surface area contributed by atoms with Gasteiger partial charge in [-0.15, -0.1) is 12.4 Å². The van der Waals surface area contributed by atoms with Crippen LogP contribution in [0.2, 0.25) is 0 Å². The molecule has 2 atom stereocenters. The molecule has 2 aromatic carbocycles. The fourth-order valence-corrected chi connectivity index (χ4v) is 4.42. The fraction of sp³-hybridized carbons (Fsp3) is 0.364. The van der Waals surface area contributed by atoms with Crippen molar-refractivity contribution < 1.29 is 4.79 Å². The van der Waals surface area contributed by atoms with Crippen LogP contribution in [0.3, 0.4) is 0 Å². The first-order chi connectivity index (χ1) is 12.6. The van der Waals surface area contributed by atoms with E-state index in [0.717, 1.165) is 36.2 Å². The molecule has 2 heterocycles. The number of hydrogen-bond acceptors (Lipinski definition) is 3. The molecule has 0 aliphatic carbocycles. The van der Waals surface area contributed by atoms with E-state index in [1.807, 2.05) is 36.1 Å². The molecule has 1 saturated heterocycles. The largest absolute Gasteiger partial charge is 0.329 e. The lowest BCUT2D eigenvalue weighted by Crippen LogP contribution is -2.48. The summed E-state index contributed by atoms with van der Waals surface area (Å²) in [5.41, 5.74) is 5.98. The Kier molecular flexibility index (Phi) is 5.55. The van der Waals surface area contributed by atoms with Gasteiger partial charge in [0.05, 0.1) is 17.7 Å². The van der Waals surface area contributed by atoms with Crippen molar-refractivity contribution in [1.29, 1.82) is 5.26 Å². The van der Waals surface area contributed by atoms with E-state index in [-0.39, 0.29) is 24.4 Å². The van der Waals surface area contributed by atoms with Gasteiger partial charge in [0.15, 0.2) is 0 Å². The maximum absolute atomic E-state index is 13.4. The van der Waals surface area contributed by atoms with Crippen LogP contribution in [-0.4, -0.2) is 29.9 Å². The van der Waals surface area contributed by atoms with Crippen LogP contribution in [0.5, 0.6) is 0 Å². The first kappa shape index (κ1) is 19.4. The molecule has 0 aromatic heterocycles. The molecule has 0 bridgehead atoms. The number of aryl methyl sites for hydroxylation is 2. The summed E-state index contributed by atoms with van der Waals surface area (Å²) in [6.45, 7) is 6.38. The van der Waals surface area contributed by atoms with Crippen LogP contribution < -0.4 is 5.32 Å². The fourth-order valence-electron chi connectivity index (χ4n) is 4.42. The molecule has 1 fully saturated rings. The topological polar surface area (TPSA) is 56.1 Å². The number of benzene rings is 2. The van der Waals surface area contributed by atoms with Crippen LogP contribution in [0.4, 0.5) is 0 Å². The summed E-state index contributed by atoms with van der Waals surface area (Å²) >= 11 is 0. The predicted octanol–water partition coefficient (Wildman–Crippen LogP) is 3.56. The molecule has 140 valence electrons. The van der Waals surface area contributed by atoms with Gasteiger partial charge in [-0.25, -0.2) is 0 Å². The minimum absolute atomic E-state index is 0. The summed E-state index contributed by atoms with van der Waals surface area (Å²) in [6.07, 6.45) is 0.979. The van der Waals surface area contributed by atoms with Crippen molar-refractivity contribution in [3.05, 3.63) is 69.8 Å². The van der Waals surface area contributed by atoms with Crippen LogP contribution >= 0.6 is 12.4 Å². The molecular weight excluding hydrogens is 358 g/mol. The minimum Gasteiger partial charge on any atom is -0.329 e. The number of nitrogens with one attached hydrogen (secondary N) is 1. The first-order valence-electron chi connectivity index (χ1n) is 9.27. The number of nitriles is 1. The lowest BCUT2D eigenvalue weighted by molar-refractivity contribution is 0.0629. The molecule has 2 aliphatic rings. The maximum atomic E-state index is 13.4. The van der Waals surface area contributed by atoms with Crippen molar-refractivity contribution >= 4 is 18.3 Å². The number of halogens is 1. The van der Waals surface area contributed by atoms with Crippen molar-refractivity contribution in [3.8, 4) is 6.07 Å². The summed E-state index contributed by atoms with van der Waals surface area (Å²) in [5.74, 6) is 0.417. The molecule has 5 heteroatoms. The second-order valence-corrected chi connectivity index (χ2v) is 7.26. The molecule has 0 radical (unpaired) electrons. The van der Waals surface area contributed by atoms with Gasteiger partial charge in [-0.05, 0) is 41.7 Å². The minimum atomic E-state index is 0. The highest BCUT2D eigenvalue weighted by atomic mass is 35.5. The molecular formula is C22H24ClN3O. The lowest BCUT2D eigenvalue weighted by Gasteiger charge is -2.39. The van der Waals surface area contributed by atoms with Gasteiger partial charge < -0.3 is 10.2 Å². The Morgan fingerprint density at radius 2 is 2.04 bits per heavy atom. The molecule has 0 unspecified atom stereocenters. The van der Waals surface area contributed by atoms with E-state index >= 15 is 0 Å². The monoisotopic (exact) mass is 381 g/mol. The smallest absolute Gasteiger partial charge is 0.255 e. The lowest BCUT2D eigenvalue weighted by atomic mass is 9.81. The Hall–Kier alpha value is -2.35. The molecule has 27 heavy (non-hydrogen) atoms. The zero-order chi connectivity index (χ0) is 18.3. The van der Waals surface area contributed by atoms with E-state index in [4.69, 9.17) is 0 Å². The van der Waals surface area contributed by atoms with Crippen LogP contribution in [0.25, 0.3) is 0 Å². The molecule has 2 aliphatic heterocycles. The van der Waals surface area contributed by atoms with Crippen molar-refractivity contribution in [2.45, 2.75) is 38.8 Å². The van der Waals surface area contributed by atoms with Crippen LogP contribution in [0, 0.1) is 18.3 Å². The number of carbonyl (C=O) groups is 1. The van der Waals surface area contributed by atoms with Gasteiger partial charge in [-0.1, -0.05) is 37.3 Å². The van der Waals surface area contributed by atoms with Crippen LogP contribution in [0.1, 0.15) is 51.0 Å². The van der Waals surface area contributed by atoms with E-state index in [1.54, 1.807) is 0 Å². The summed E-state index contributed by atoms with van der Waals surface area (Å²) in [7, 11) is 0. The normalized spacial score (nSPS) is 20.5. The van der Waals surface area contributed by atoms with E-state index < -0.39 is 0 Å². The Bertz CT molecular complexity index is 918. The average molecular weight is 382 g/mol. The second-order valence-electron chi connectivity index (χ2n) is 7.26. The van der Waals surface area contributed by atoms with Gasteiger partial charge in [-0.3, -0.25) is 4.79 Å². The highest BCUT2D eigenvalue weighted by Crippen LogP contribution is 2.38. The SMILES string of the molecule is CCc1cc(C)c2c(c1)[C@@H]1CNC[C@H]1N(Cc1ccccc1C#N)C2=O.Cl. The highest BCUT2D eigenvalue weighted by molar-refractivity contribution is 5.99. The Morgan fingerprint density at radius 1 is 1.26 bits per heavy atom.